The van der Waals surface area contributed by atoms with Crippen molar-refractivity contribution in [3.05, 3.63) is 48.8 Å². The van der Waals surface area contributed by atoms with Crippen LogP contribution in [0.25, 0.3) is 27.7 Å². The van der Waals surface area contributed by atoms with E-state index in [4.69, 9.17) is 9.72 Å². The quantitative estimate of drug-likeness (QED) is 0.501. The molecule has 1 N–H and O–H groups in total. The van der Waals surface area contributed by atoms with Gasteiger partial charge in [0.2, 0.25) is 0 Å². The van der Waals surface area contributed by atoms with Gasteiger partial charge in [-0.3, -0.25) is 9.88 Å². The number of nitrogens with zero attached hydrogens (tertiary/aromatic N) is 6. The first kappa shape index (κ1) is 21.2. The van der Waals surface area contributed by atoms with Crippen molar-refractivity contribution in [2.24, 2.45) is 0 Å². The Morgan fingerprint density at radius 2 is 1.85 bits per heavy atom. The average Bonchev–Trinajstić information content (AvgIpc) is 3.31. The van der Waals surface area contributed by atoms with Crippen molar-refractivity contribution in [1.29, 1.82) is 0 Å². The lowest BCUT2D eigenvalue weighted by atomic mass is 10.0. The van der Waals surface area contributed by atoms with Crippen molar-refractivity contribution in [2.75, 3.05) is 51.3 Å². The van der Waals surface area contributed by atoms with E-state index in [0.717, 1.165) is 67.1 Å². The molecule has 0 atom stereocenters. The number of halogens is 1. The average molecular weight is 462 g/mol. The molecular formula is C25H28FN7O. The highest BCUT2D eigenvalue weighted by atomic mass is 19.1. The number of piperazine rings is 1. The predicted molar refractivity (Wildman–Crippen MR) is 130 cm³/mol. The number of hydrogen-bond acceptors (Lipinski definition) is 7. The topological polar surface area (TPSA) is 70.8 Å². The van der Waals surface area contributed by atoms with E-state index < -0.39 is 5.82 Å². The van der Waals surface area contributed by atoms with Crippen molar-refractivity contribution in [2.45, 2.75) is 18.9 Å². The summed E-state index contributed by atoms with van der Waals surface area (Å²) in [6.45, 7) is 6.53. The van der Waals surface area contributed by atoms with E-state index in [0.29, 0.717) is 11.6 Å². The second kappa shape index (κ2) is 8.81. The summed E-state index contributed by atoms with van der Waals surface area (Å²) in [5.74, 6) is -0.235. The molecule has 3 aromatic heterocycles. The zero-order chi connectivity index (χ0) is 23.1. The molecular weight excluding hydrogens is 433 g/mol. The Labute approximate surface area is 197 Å². The van der Waals surface area contributed by atoms with Gasteiger partial charge in [-0.15, -0.1) is 0 Å². The monoisotopic (exact) mass is 461 g/mol. The van der Waals surface area contributed by atoms with Gasteiger partial charge in [0.1, 0.15) is 0 Å². The highest BCUT2D eigenvalue weighted by Crippen LogP contribution is 2.34. The first-order valence-corrected chi connectivity index (χ1v) is 11.9. The minimum Gasteiger partial charge on any atom is -0.494 e. The molecule has 0 bridgehead atoms. The molecule has 0 unspecified atom stereocenters. The number of aromatic nitrogens is 4. The molecule has 0 amide bonds. The molecule has 5 heterocycles. The number of anilines is 1. The fraction of sp³-hybridized carbons (Fsp3) is 0.400. The molecule has 34 heavy (non-hydrogen) atoms. The molecule has 2 saturated heterocycles. The van der Waals surface area contributed by atoms with Crippen molar-refractivity contribution in [3.63, 3.8) is 0 Å². The van der Waals surface area contributed by atoms with Crippen LogP contribution in [0.1, 0.15) is 12.8 Å². The molecule has 0 spiro atoms. The van der Waals surface area contributed by atoms with Gasteiger partial charge in [-0.05, 0) is 30.5 Å². The highest BCUT2D eigenvalue weighted by Gasteiger charge is 2.26. The Hall–Kier alpha value is -3.30. The first-order chi connectivity index (χ1) is 16.7. The third-order valence-electron chi connectivity index (χ3n) is 7.15. The molecule has 6 rings (SSSR count). The van der Waals surface area contributed by atoms with E-state index in [1.54, 1.807) is 12.3 Å². The van der Waals surface area contributed by atoms with Gasteiger partial charge < -0.3 is 15.0 Å². The third-order valence-corrected chi connectivity index (χ3v) is 7.15. The molecule has 2 aliphatic heterocycles. The van der Waals surface area contributed by atoms with Gasteiger partial charge in [0.05, 0.1) is 36.9 Å². The van der Waals surface area contributed by atoms with Gasteiger partial charge in [0, 0.05) is 68.5 Å². The molecule has 1 aromatic carbocycles. The summed E-state index contributed by atoms with van der Waals surface area (Å²) in [6.07, 6.45) is 9.83. The van der Waals surface area contributed by atoms with Crippen LogP contribution < -0.4 is 15.0 Å². The van der Waals surface area contributed by atoms with Crippen LogP contribution in [0.15, 0.2) is 43.0 Å². The predicted octanol–water partition coefficient (Wildman–Crippen LogP) is 2.97. The summed E-state index contributed by atoms with van der Waals surface area (Å²) in [6, 6.07) is 5.67. The molecule has 2 fully saturated rings. The second-order valence-corrected chi connectivity index (χ2v) is 9.01. The number of rotatable bonds is 4. The SMILES string of the molecule is COc1cc2c(-c3cnn4cc(N5CCC(N6CCNCC6)CC5)cnc34)ccnc2cc1F. The standard InChI is InChI=1S/C25H28FN7O/c1-34-24-12-20-19(2-5-28-23(20)13-22(24)26)21-15-30-33-16-18(14-29-25(21)33)31-8-3-17(4-9-31)32-10-6-27-7-11-32/h2,5,12-17,27H,3-4,6-11H2,1H3. The van der Waals surface area contributed by atoms with E-state index in [-0.39, 0.29) is 5.75 Å². The maximum atomic E-state index is 14.2. The summed E-state index contributed by atoms with van der Waals surface area (Å²) in [7, 11) is 1.46. The molecule has 0 aliphatic carbocycles. The number of hydrogen-bond donors (Lipinski definition) is 1. The van der Waals surface area contributed by atoms with Crippen LogP contribution in [-0.2, 0) is 0 Å². The zero-order valence-corrected chi connectivity index (χ0v) is 19.2. The Kier molecular flexibility index (Phi) is 5.50. The zero-order valence-electron chi connectivity index (χ0n) is 19.2. The number of pyridine rings is 1. The van der Waals surface area contributed by atoms with Crippen molar-refractivity contribution in [3.8, 4) is 16.9 Å². The van der Waals surface area contributed by atoms with Crippen LogP contribution in [0.5, 0.6) is 5.75 Å². The number of fused-ring (bicyclic) bond motifs is 2. The van der Waals surface area contributed by atoms with Crippen molar-refractivity contribution < 1.29 is 9.13 Å². The summed E-state index contributed by atoms with van der Waals surface area (Å²) in [5, 5.41) is 8.84. The molecule has 0 saturated carbocycles. The molecule has 4 aromatic rings. The third kappa shape index (κ3) is 3.74. The van der Waals surface area contributed by atoms with Gasteiger partial charge in [0.25, 0.3) is 0 Å². The van der Waals surface area contributed by atoms with E-state index >= 15 is 0 Å². The van der Waals surface area contributed by atoms with E-state index in [9.17, 15) is 4.39 Å². The molecule has 176 valence electrons. The summed E-state index contributed by atoms with van der Waals surface area (Å²) in [5.41, 5.74) is 4.19. The van der Waals surface area contributed by atoms with Crippen LogP contribution in [0.2, 0.25) is 0 Å². The fourth-order valence-corrected chi connectivity index (χ4v) is 5.29. The summed E-state index contributed by atoms with van der Waals surface area (Å²) < 4.78 is 21.2. The van der Waals surface area contributed by atoms with Crippen molar-refractivity contribution in [1.82, 2.24) is 29.8 Å². The molecule has 0 radical (unpaired) electrons. The number of ether oxygens (including phenoxy) is 1. The maximum absolute atomic E-state index is 14.2. The molecule has 8 nitrogen and oxygen atoms in total. The van der Waals surface area contributed by atoms with E-state index in [2.05, 4.69) is 31.4 Å². The minimum absolute atomic E-state index is 0.192. The van der Waals surface area contributed by atoms with Gasteiger partial charge in [-0.2, -0.15) is 5.10 Å². The van der Waals surface area contributed by atoms with Crippen LogP contribution in [0, 0.1) is 5.82 Å². The Bertz CT molecular complexity index is 1330. The van der Waals surface area contributed by atoms with Crippen molar-refractivity contribution >= 4 is 22.2 Å². The number of piperidine rings is 1. The summed E-state index contributed by atoms with van der Waals surface area (Å²) in [4.78, 5) is 14.1. The lowest BCUT2D eigenvalue weighted by molar-refractivity contribution is 0.150. The lowest BCUT2D eigenvalue weighted by Crippen LogP contribution is -2.52. The number of nitrogens with one attached hydrogen (secondary N) is 1. The first-order valence-electron chi connectivity index (χ1n) is 11.9. The Morgan fingerprint density at radius 3 is 2.65 bits per heavy atom. The number of benzene rings is 1. The van der Waals surface area contributed by atoms with Crippen LogP contribution in [0.3, 0.4) is 0 Å². The number of methoxy groups -OCH3 is 1. The second-order valence-electron chi connectivity index (χ2n) is 9.01. The smallest absolute Gasteiger partial charge is 0.167 e. The van der Waals surface area contributed by atoms with Crippen LogP contribution in [0.4, 0.5) is 10.1 Å². The Morgan fingerprint density at radius 1 is 1.03 bits per heavy atom. The maximum Gasteiger partial charge on any atom is 0.167 e. The van der Waals surface area contributed by atoms with E-state index in [1.807, 2.05) is 23.0 Å². The summed E-state index contributed by atoms with van der Waals surface area (Å²) >= 11 is 0. The minimum atomic E-state index is -0.428. The van der Waals surface area contributed by atoms with Gasteiger partial charge in [-0.1, -0.05) is 0 Å². The largest absolute Gasteiger partial charge is 0.494 e. The van der Waals surface area contributed by atoms with Gasteiger partial charge in [0.15, 0.2) is 17.2 Å². The molecule has 9 heteroatoms. The van der Waals surface area contributed by atoms with Gasteiger partial charge in [-0.25, -0.2) is 13.9 Å². The highest BCUT2D eigenvalue weighted by molar-refractivity contribution is 5.98. The fourth-order valence-electron chi connectivity index (χ4n) is 5.29. The van der Waals surface area contributed by atoms with E-state index in [1.165, 1.54) is 26.0 Å². The normalized spacial score (nSPS) is 18.1. The van der Waals surface area contributed by atoms with Gasteiger partial charge >= 0.3 is 0 Å². The molecule has 2 aliphatic rings. The van der Waals surface area contributed by atoms with Crippen LogP contribution >= 0.6 is 0 Å². The van der Waals surface area contributed by atoms with Crippen LogP contribution in [-0.4, -0.2) is 76.9 Å². The lowest BCUT2D eigenvalue weighted by Gasteiger charge is -2.40. The Balaban J connectivity index is 1.27.